The molecule has 0 saturated carbocycles. The largest absolute Gasteiger partial charge is 0.378 e. The molecule has 0 radical (unpaired) electrons. The lowest BCUT2D eigenvalue weighted by atomic mass is 10.2. The summed E-state index contributed by atoms with van der Waals surface area (Å²) < 4.78 is 0.325. The molecule has 0 aliphatic carbocycles. The molecule has 0 unspecified atom stereocenters. The highest BCUT2D eigenvalue weighted by Crippen LogP contribution is 2.31. The number of hydrogen-bond acceptors (Lipinski definition) is 5. The third-order valence-corrected chi connectivity index (χ3v) is 4.07. The molecule has 1 aliphatic rings. The van der Waals surface area contributed by atoms with Crippen molar-refractivity contribution in [3.63, 3.8) is 0 Å². The molecular weight excluding hydrogens is 306 g/mol. The van der Waals surface area contributed by atoms with Gasteiger partial charge >= 0.3 is 0 Å². The van der Waals surface area contributed by atoms with Crippen LogP contribution in [0.15, 0.2) is 29.2 Å². The molecule has 0 aromatic heterocycles. The minimum Gasteiger partial charge on any atom is -0.378 e. The molecule has 1 saturated heterocycles. The number of nitrogens with zero attached hydrogens (tertiary/aromatic N) is 2. The summed E-state index contributed by atoms with van der Waals surface area (Å²) >= 11 is 6.26. The fourth-order valence-corrected chi connectivity index (χ4v) is 2.92. The number of hydrogen-bond donors (Lipinski definition) is 1. The van der Waals surface area contributed by atoms with Crippen molar-refractivity contribution in [1.82, 2.24) is 10.4 Å². The maximum atomic E-state index is 12.2. The van der Waals surface area contributed by atoms with Crippen LogP contribution in [0.5, 0.6) is 0 Å². The zero-order valence-electron chi connectivity index (χ0n) is 11.9. The predicted octanol–water partition coefficient (Wildman–Crippen LogP) is 2.00. The molecule has 0 spiro atoms. The van der Waals surface area contributed by atoms with Crippen LogP contribution in [0.1, 0.15) is 12.5 Å². The van der Waals surface area contributed by atoms with Crippen LogP contribution >= 0.6 is 24.0 Å². The Bertz CT molecular complexity index is 624. The van der Waals surface area contributed by atoms with Crippen LogP contribution in [-0.4, -0.2) is 35.2 Å². The number of rotatable bonds is 3. The molecule has 2 amide bonds. The van der Waals surface area contributed by atoms with Gasteiger partial charge in [-0.05, 0) is 36.0 Å². The van der Waals surface area contributed by atoms with E-state index in [9.17, 15) is 9.59 Å². The number of hydrazine groups is 1. The molecule has 0 bridgehead atoms. The molecular formula is C14H15N3O2S2. The molecule has 1 N–H and O–H groups in total. The fraction of sp³-hybridized carbons (Fsp3) is 0.214. The van der Waals surface area contributed by atoms with Crippen molar-refractivity contribution in [2.24, 2.45) is 0 Å². The molecule has 1 heterocycles. The Morgan fingerprint density at radius 1 is 1.33 bits per heavy atom. The maximum absolute atomic E-state index is 12.2. The lowest BCUT2D eigenvalue weighted by Gasteiger charge is -2.13. The summed E-state index contributed by atoms with van der Waals surface area (Å²) in [5.74, 6) is -0.639. The topological polar surface area (TPSA) is 52.7 Å². The van der Waals surface area contributed by atoms with Crippen LogP contribution in [0.4, 0.5) is 5.69 Å². The van der Waals surface area contributed by atoms with Crippen molar-refractivity contribution in [3.8, 4) is 0 Å². The summed E-state index contributed by atoms with van der Waals surface area (Å²) in [6.07, 6.45) is 1.76. The van der Waals surface area contributed by atoms with Crippen molar-refractivity contribution >= 4 is 51.9 Å². The normalized spacial score (nSPS) is 16.5. The van der Waals surface area contributed by atoms with E-state index in [1.165, 1.54) is 18.7 Å². The van der Waals surface area contributed by atoms with Gasteiger partial charge in [-0.3, -0.25) is 15.0 Å². The van der Waals surface area contributed by atoms with E-state index < -0.39 is 0 Å². The number of thiocarbonyl (C=S) groups is 1. The Morgan fingerprint density at radius 2 is 1.95 bits per heavy atom. The van der Waals surface area contributed by atoms with Gasteiger partial charge in [0.05, 0.1) is 4.91 Å². The number of carbonyl (C=O) groups is 2. The molecule has 1 aliphatic heterocycles. The first-order valence-electron chi connectivity index (χ1n) is 6.21. The average molecular weight is 321 g/mol. The Hall–Kier alpha value is -1.86. The van der Waals surface area contributed by atoms with Crippen LogP contribution in [0, 0.1) is 0 Å². The van der Waals surface area contributed by atoms with Crippen LogP contribution in [-0.2, 0) is 9.59 Å². The molecule has 1 fully saturated rings. The SMILES string of the molecule is CC(=O)NN1C(=O)C(=Cc2ccc(N(C)C)cc2)SC1=S. The number of amides is 2. The van der Waals surface area contributed by atoms with Gasteiger partial charge in [0.15, 0.2) is 4.32 Å². The molecule has 110 valence electrons. The first-order chi connectivity index (χ1) is 9.88. The highest BCUT2D eigenvalue weighted by Gasteiger charge is 2.32. The molecule has 5 nitrogen and oxygen atoms in total. The highest BCUT2D eigenvalue weighted by atomic mass is 32.2. The van der Waals surface area contributed by atoms with E-state index in [2.05, 4.69) is 5.43 Å². The summed E-state index contributed by atoms with van der Waals surface area (Å²) in [5.41, 5.74) is 4.40. The smallest absolute Gasteiger partial charge is 0.285 e. The van der Waals surface area contributed by atoms with Gasteiger partial charge in [0, 0.05) is 26.7 Å². The Balaban J connectivity index is 2.20. The summed E-state index contributed by atoms with van der Waals surface area (Å²) in [7, 11) is 3.93. The first-order valence-corrected chi connectivity index (χ1v) is 7.43. The molecule has 21 heavy (non-hydrogen) atoms. The number of anilines is 1. The first kappa shape index (κ1) is 15.5. The zero-order chi connectivity index (χ0) is 15.6. The Kier molecular flexibility index (Phi) is 4.64. The number of benzene rings is 1. The van der Waals surface area contributed by atoms with Crippen molar-refractivity contribution in [3.05, 3.63) is 34.7 Å². The zero-order valence-corrected chi connectivity index (χ0v) is 13.5. The molecule has 0 atom stereocenters. The lowest BCUT2D eigenvalue weighted by molar-refractivity contribution is -0.131. The van der Waals surface area contributed by atoms with Crippen LogP contribution in [0.25, 0.3) is 6.08 Å². The van der Waals surface area contributed by atoms with Crippen LogP contribution < -0.4 is 10.3 Å². The Morgan fingerprint density at radius 3 is 2.48 bits per heavy atom. The third-order valence-electron chi connectivity index (χ3n) is 2.77. The van der Waals surface area contributed by atoms with Gasteiger partial charge in [0.25, 0.3) is 5.91 Å². The lowest BCUT2D eigenvalue weighted by Crippen LogP contribution is -2.43. The monoisotopic (exact) mass is 321 g/mol. The second kappa shape index (κ2) is 6.28. The van der Waals surface area contributed by atoms with Crippen molar-refractivity contribution in [2.75, 3.05) is 19.0 Å². The van der Waals surface area contributed by atoms with Gasteiger partial charge in [-0.1, -0.05) is 23.9 Å². The molecule has 1 aromatic rings. The van der Waals surface area contributed by atoms with Gasteiger partial charge in [0.1, 0.15) is 0 Å². The molecule has 7 heteroatoms. The van der Waals surface area contributed by atoms with E-state index in [1.807, 2.05) is 43.3 Å². The quantitative estimate of drug-likeness (QED) is 0.682. The number of nitrogens with one attached hydrogen (secondary N) is 1. The van der Waals surface area contributed by atoms with Crippen molar-refractivity contribution in [1.29, 1.82) is 0 Å². The second-order valence-electron chi connectivity index (χ2n) is 4.67. The predicted molar refractivity (Wildman–Crippen MR) is 89.6 cm³/mol. The average Bonchev–Trinajstić information content (AvgIpc) is 2.67. The van der Waals surface area contributed by atoms with Gasteiger partial charge < -0.3 is 4.90 Å². The van der Waals surface area contributed by atoms with E-state index in [-0.39, 0.29) is 11.8 Å². The maximum Gasteiger partial charge on any atom is 0.285 e. The summed E-state index contributed by atoms with van der Waals surface area (Å²) in [5, 5.41) is 1.10. The Labute approximate surface area is 133 Å². The van der Waals surface area contributed by atoms with Crippen molar-refractivity contribution in [2.45, 2.75) is 6.92 Å². The molecule has 1 aromatic carbocycles. The van der Waals surface area contributed by atoms with Crippen LogP contribution in [0.3, 0.4) is 0 Å². The van der Waals surface area contributed by atoms with Crippen molar-refractivity contribution < 1.29 is 9.59 Å². The minimum atomic E-state index is -0.331. The second-order valence-corrected chi connectivity index (χ2v) is 6.35. The third kappa shape index (κ3) is 3.62. The summed E-state index contributed by atoms with van der Waals surface area (Å²) in [6.45, 7) is 1.34. The van der Waals surface area contributed by atoms with Crippen LogP contribution in [0.2, 0.25) is 0 Å². The van der Waals surface area contributed by atoms with Gasteiger partial charge in [0.2, 0.25) is 5.91 Å². The van der Waals surface area contributed by atoms with E-state index in [4.69, 9.17) is 12.2 Å². The number of thioether (sulfide) groups is 1. The minimum absolute atomic E-state index is 0.308. The number of carbonyl (C=O) groups excluding carboxylic acids is 2. The highest BCUT2D eigenvalue weighted by molar-refractivity contribution is 8.26. The van der Waals surface area contributed by atoms with E-state index in [0.717, 1.165) is 16.3 Å². The van der Waals surface area contributed by atoms with Gasteiger partial charge in [-0.15, -0.1) is 0 Å². The van der Waals surface area contributed by atoms with E-state index in [0.29, 0.717) is 9.23 Å². The van der Waals surface area contributed by atoms with Gasteiger partial charge in [-0.2, -0.15) is 5.01 Å². The molecule has 2 rings (SSSR count). The van der Waals surface area contributed by atoms with Gasteiger partial charge in [-0.25, -0.2) is 0 Å². The van der Waals surface area contributed by atoms with E-state index in [1.54, 1.807) is 6.08 Å². The standard InChI is InChI=1S/C14H15N3O2S2/c1-9(18)15-17-13(19)12(21-14(17)20)8-10-4-6-11(7-5-10)16(2)3/h4-8H,1-3H3,(H,15,18). The summed E-state index contributed by atoms with van der Waals surface area (Å²) in [6, 6.07) is 7.81. The van der Waals surface area contributed by atoms with E-state index >= 15 is 0 Å². The summed E-state index contributed by atoms with van der Waals surface area (Å²) in [4.78, 5) is 25.7. The fourth-order valence-electron chi connectivity index (χ4n) is 1.74.